The van der Waals surface area contributed by atoms with E-state index in [0.29, 0.717) is 0 Å². The fourth-order valence-corrected chi connectivity index (χ4v) is 2.55. The van der Waals surface area contributed by atoms with Crippen LogP contribution in [0.5, 0.6) is 0 Å². The van der Waals surface area contributed by atoms with Crippen LogP contribution >= 0.6 is 0 Å². The average molecular weight is 271 g/mol. The van der Waals surface area contributed by atoms with Gasteiger partial charge in [-0.25, -0.2) is 4.98 Å². The molecule has 0 fully saturated rings. The van der Waals surface area contributed by atoms with Crippen LogP contribution in [0.3, 0.4) is 0 Å². The zero-order valence-corrected chi connectivity index (χ0v) is 12.8. The van der Waals surface area contributed by atoms with Crippen molar-refractivity contribution in [3.8, 4) is 0 Å². The molecule has 3 nitrogen and oxygen atoms in total. The minimum absolute atomic E-state index is 0.284. The fraction of sp³-hybridized carbons (Fsp3) is 0.471. The second-order valence-corrected chi connectivity index (χ2v) is 5.27. The van der Waals surface area contributed by atoms with Gasteiger partial charge in [0.05, 0.1) is 6.04 Å². The van der Waals surface area contributed by atoms with Crippen LogP contribution < -0.4 is 5.32 Å². The van der Waals surface area contributed by atoms with Crippen molar-refractivity contribution in [3.63, 3.8) is 0 Å². The summed E-state index contributed by atoms with van der Waals surface area (Å²) >= 11 is 0. The van der Waals surface area contributed by atoms with E-state index in [1.165, 1.54) is 11.1 Å². The number of nitrogens with one attached hydrogen (secondary N) is 1. The Hall–Kier alpha value is -1.61. The summed E-state index contributed by atoms with van der Waals surface area (Å²) in [4.78, 5) is 4.56. The van der Waals surface area contributed by atoms with E-state index in [0.717, 1.165) is 31.8 Å². The number of benzene rings is 1. The Morgan fingerprint density at radius 3 is 2.85 bits per heavy atom. The molecule has 1 atom stereocenters. The Bertz CT molecular complexity index is 531. The molecule has 2 rings (SSSR count). The lowest BCUT2D eigenvalue weighted by atomic mass is 10.0. The fourth-order valence-electron chi connectivity index (χ4n) is 2.55. The highest BCUT2D eigenvalue weighted by molar-refractivity contribution is 5.24. The Morgan fingerprint density at radius 2 is 2.15 bits per heavy atom. The normalized spacial score (nSPS) is 12.6. The lowest BCUT2D eigenvalue weighted by Gasteiger charge is -2.19. The van der Waals surface area contributed by atoms with Crippen LogP contribution in [0, 0.1) is 6.92 Å². The van der Waals surface area contributed by atoms with Gasteiger partial charge in [-0.1, -0.05) is 36.8 Å². The highest BCUT2D eigenvalue weighted by Gasteiger charge is 2.16. The number of aryl methyl sites for hydroxylation is 2. The molecule has 20 heavy (non-hydrogen) atoms. The van der Waals surface area contributed by atoms with Crippen LogP contribution in [0.15, 0.2) is 36.7 Å². The molecule has 0 amide bonds. The first-order chi connectivity index (χ1) is 9.74. The van der Waals surface area contributed by atoms with E-state index < -0.39 is 0 Å². The van der Waals surface area contributed by atoms with Crippen molar-refractivity contribution in [2.24, 2.45) is 0 Å². The van der Waals surface area contributed by atoms with E-state index in [9.17, 15) is 0 Å². The molecular formula is C17H25N3. The Morgan fingerprint density at radius 1 is 1.30 bits per heavy atom. The van der Waals surface area contributed by atoms with Gasteiger partial charge in [-0.05, 0) is 38.8 Å². The number of hydrogen-bond acceptors (Lipinski definition) is 2. The third kappa shape index (κ3) is 3.70. The predicted molar refractivity (Wildman–Crippen MR) is 83.8 cm³/mol. The summed E-state index contributed by atoms with van der Waals surface area (Å²) in [5, 5.41) is 3.63. The van der Waals surface area contributed by atoms with Gasteiger partial charge in [-0.3, -0.25) is 0 Å². The van der Waals surface area contributed by atoms with Crippen molar-refractivity contribution in [2.45, 2.75) is 46.2 Å². The number of rotatable bonds is 7. The molecule has 108 valence electrons. The van der Waals surface area contributed by atoms with Gasteiger partial charge in [0.15, 0.2) is 0 Å². The van der Waals surface area contributed by atoms with Gasteiger partial charge in [-0.2, -0.15) is 0 Å². The van der Waals surface area contributed by atoms with Crippen molar-refractivity contribution in [1.82, 2.24) is 14.9 Å². The number of imidazole rings is 1. The second-order valence-electron chi connectivity index (χ2n) is 5.27. The monoisotopic (exact) mass is 271 g/mol. The van der Waals surface area contributed by atoms with Crippen LogP contribution in [-0.4, -0.2) is 16.1 Å². The summed E-state index contributed by atoms with van der Waals surface area (Å²) in [6.07, 6.45) is 6.08. The molecule has 0 radical (unpaired) electrons. The van der Waals surface area contributed by atoms with Crippen LogP contribution in [0.4, 0.5) is 0 Å². The Labute approximate surface area is 122 Å². The highest BCUT2D eigenvalue weighted by atomic mass is 15.1. The molecule has 1 aromatic heterocycles. The van der Waals surface area contributed by atoms with Gasteiger partial charge < -0.3 is 9.88 Å². The maximum atomic E-state index is 4.56. The molecule has 0 saturated carbocycles. The SMILES string of the molecule is CCCNC(Cc1cccc(C)c1)c1nccn1CC. The van der Waals surface area contributed by atoms with E-state index >= 15 is 0 Å². The smallest absolute Gasteiger partial charge is 0.126 e. The van der Waals surface area contributed by atoms with Crippen LogP contribution in [-0.2, 0) is 13.0 Å². The first-order valence-electron chi connectivity index (χ1n) is 7.54. The highest BCUT2D eigenvalue weighted by Crippen LogP contribution is 2.18. The van der Waals surface area contributed by atoms with E-state index in [1.54, 1.807) is 0 Å². The van der Waals surface area contributed by atoms with Crippen LogP contribution in [0.1, 0.15) is 43.3 Å². The lowest BCUT2D eigenvalue weighted by Crippen LogP contribution is -2.27. The largest absolute Gasteiger partial charge is 0.334 e. The van der Waals surface area contributed by atoms with Crippen molar-refractivity contribution >= 4 is 0 Å². The molecule has 1 heterocycles. The molecule has 1 N–H and O–H groups in total. The molecule has 0 spiro atoms. The van der Waals surface area contributed by atoms with Crippen molar-refractivity contribution in [3.05, 3.63) is 53.6 Å². The third-order valence-corrected chi connectivity index (χ3v) is 3.56. The van der Waals surface area contributed by atoms with Gasteiger partial charge in [-0.15, -0.1) is 0 Å². The number of hydrogen-bond donors (Lipinski definition) is 1. The van der Waals surface area contributed by atoms with Gasteiger partial charge >= 0.3 is 0 Å². The summed E-state index contributed by atoms with van der Waals surface area (Å²) in [5.41, 5.74) is 2.68. The minimum Gasteiger partial charge on any atom is -0.334 e. The molecule has 0 saturated heterocycles. The summed E-state index contributed by atoms with van der Waals surface area (Å²) in [6.45, 7) is 8.49. The predicted octanol–water partition coefficient (Wildman–Crippen LogP) is 3.49. The quantitative estimate of drug-likeness (QED) is 0.835. The van der Waals surface area contributed by atoms with Crippen molar-refractivity contribution in [2.75, 3.05) is 6.54 Å². The van der Waals surface area contributed by atoms with Gasteiger partial charge in [0.1, 0.15) is 5.82 Å². The second kappa shape index (κ2) is 7.25. The average Bonchev–Trinajstić information content (AvgIpc) is 2.92. The molecule has 2 aromatic rings. The summed E-state index contributed by atoms with van der Waals surface area (Å²) < 4.78 is 2.23. The molecule has 0 aliphatic heterocycles. The Balaban J connectivity index is 2.19. The number of aromatic nitrogens is 2. The lowest BCUT2D eigenvalue weighted by molar-refractivity contribution is 0.482. The van der Waals surface area contributed by atoms with E-state index in [4.69, 9.17) is 0 Å². The topological polar surface area (TPSA) is 29.9 Å². The molecule has 0 aliphatic rings. The summed E-state index contributed by atoms with van der Waals surface area (Å²) in [7, 11) is 0. The van der Waals surface area contributed by atoms with Gasteiger partial charge in [0.25, 0.3) is 0 Å². The molecular weight excluding hydrogens is 246 g/mol. The molecule has 0 bridgehead atoms. The first kappa shape index (κ1) is 14.8. The third-order valence-electron chi connectivity index (χ3n) is 3.56. The van der Waals surface area contributed by atoms with Gasteiger partial charge in [0.2, 0.25) is 0 Å². The standard InChI is InChI=1S/C17H25N3/c1-4-9-18-16(17-19-10-11-20(17)5-2)13-15-8-6-7-14(3)12-15/h6-8,10-12,16,18H,4-5,9,13H2,1-3H3. The van der Waals surface area contributed by atoms with Crippen molar-refractivity contribution in [1.29, 1.82) is 0 Å². The number of nitrogens with zero attached hydrogens (tertiary/aromatic N) is 2. The van der Waals surface area contributed by atoms with E-state index in [1.807, 2.05) is 6.20 Å². The molecule has 0 aliphatic carbocycles. The van der Waals surface area contributed by atoms with E-state index in [-0.39, 0.29) is 6.04 Å². The molecule has 1 aromatic carbocycles. The van der Waals surface area contributed by atoms with Crippen LogP contribution in [0.2, 0.25) is 0 Å². The Kier molecular flexibility index (Phi) is 5.36. The minimum atomic E-state index is 0.284. The van der Waals surface area contributed by atoms with Gasteiger partial charge in [0, 0.05) is 18.9 Å². The van der Waals surface area contributed by atoms with Crippen LogP contribution in [0.25, 0.3) is 0 Å². The summed E-state index contributed by atoms with van der Waals surface area (Å²) in [5.74, 6) is 1.14. The summed E-state index contributed by atoms with van der Waals surface area (Å²) in [6, 6.07) is 9.03. The van der Waals surface area contributed by atoms with Crippen molar-refractivity contribution < 1.29 is 0 Å². The molecule has 1 unspecified atom stereocenters. The zero-order chi connectivity index (χ0) is 14.4. The maximum absolute atomic E-state index is 4.56. The maximum Gasteiger partial charge on any atom is 0.126 e. The van der Waals surface area contributed by atoms with E-state index in [2.05, 4.69) is 66.1 Å². The molecule has 3 heteroatoms. The first-order valence-corrected chi connectivity index (χ1v) is 7.54. The zero-order valence-electron chi connectivity index (χ0n) is 12.8.